The molecule has 3 N–H and O–H groups in total. The third-order valence-corrected chi connectivity index (χ3v) is 5.15. The van der Waals surface area contributed by atoms with E-state index in [0.717, 1.165) is 5.56 Å². The molecule has 8 nitrogen and oxygen atoms in total. The number of benzene rings is 2. The lowest BCUT2D eigenvalue weighted by atomic mass is 9.94. The van der Waals surface area contributed by atoms with E-state index in [0.29, 0.717) is 23.3 Å². The van der Waals surface area contributed by atoms with Gasteiger partial charge < -0.3 is 29.7 Å². The van der Waals surface area contributed by atoms with Crippen molar-refractivity contribution in [1.29, 1.82) is 0 Å². The lowest BCUT2D eigenvalue weighted by molar-refractivity contribution is -0.131. The highest BCUT2D eigenvalue weighted by Gasteiger charge is 2.21. The van der Waals surface area contributed by atoms with E-state index in [9.17, 15) is 24.9 Å². The maximum absolute atomic E-state index is 13.2. The SMILES string of the molecule is C=CCOc1cc(C(=O)c2ccc(OC)c(O)c2)cc(CC(=O)N(CCO)CCO)c1CC. The van der Waals surface area contributed by atoms with Gasteiger partial charge in [0.2, 0.25) is 5.91 Å². The zero-order chi connectivity index (χ0) is 24.4. The standard InChI is InChI=1S/C25H31NO7/c1-4-12-33-23-15-19(25(31)17-6-7-22(32-3)21(29)14-17)13-18(20(23)5-2)16-24(30)26(8-10-27)9-11-28/h4,6-7,13-15,27-29H,1,5,8-12,16H2,2-3H3. The zero-order valence-corrected chi connectivity index (χ0v) is 19.0. The maximum atomic E-state index is 13.2. The first-order chi connectivity index (χ1) is 15.9. The minimum Gasteiger partial charge on any atom is -0.504 e. The molecular formula is C25H31NO7. The third kappa shape index (κ3) is 6.57. The molecule has 0 aromatic heterocycles. The summed E-state index contributed by atoms with van der Waals surface area (Å²) in [6.45, 7) is 5.56. The van der Waals surface area contributed by atoms with E-state index in [1.165, 1.54) is 24.1 Å². The number of nitrogens with zero attached hydrogens (tertiary/aromatic N) is 1. The Labute approximate surface area is 193 Å². The number of hydrogen-bond acceptors (Lipinski definition) is 7. The molecule has 2 aromatic rings. The molecule has 2 aromatic carbocycles. The number of carbonyl (C=O) groups excluding carboxylic acids is 2. The fourth-order valence-corrected chi connectivity index (χ4v) is 3.55. The predicted octanol–water partition coefficient (Wildman–Crippen LogP) is 2.11. The Kier molecular flexibility index (Phi) is 9.90. The van der Waals surface area contributed by atoms with Crippen LogP contribution >= 0.6 is 0 Å². The third-order valence-electron chi connectivity index (χ3n) is 5.15. The molecule has 0 bridgehead atoms. The van der Waals surface area contributed by atoms with Crippen molar-refractivity contribution in [2.75, 3.05) is 40.0 Å². The van der Waals surface area contributed by atoms with Crippen LogP contribution in [-0.4, -0.2) is 71.9 Å². The van der Waals surface area contributed by atoms with Crippen LogP contribution in [0.3, 0.4) is 0 Å². The number of ether oxygens (including phenoxy) is 2. The molecule has 0 saturated heterocycles. The fraction of sp³-hybridized carbons (Fsp3) is 0.360. The van der Waals surface area contributed by atoms with Crippen molar-refractivity contribution < 1.29 is 34.4 Å². The summed E-state index contributed by atoms with van der Waals surface area (Å²) < 4.78 is 10.8. The van der Waals surface area contributed by atoms with Gasteiger partial charge in [0.1, 0.15) is 12.4 Å². The summed E-state index contributed by atoms with van der Waals surface area (Å²) >= 11 is 0. The summed E-state index contributed by atoms with van der Waals surface area (Å²) in [5, 5.41) is 28.6. The van der Waals surface area contributed by atoms with Gasteiger partial charge in [-0.15, -0.1) is 0 Å². The summed E-state index contributed by atoms with van der Waals surface area (Å²) in [5.74, 6) is -0.0677. The van der Waals surface area contributed by atoms with Gasteiger partial charge in [-0.3, -0.25) is 9.59 Å². The number of phenols is 1. The second-order valence-electron chi connectivity index (χ2n) is 7.29. The van der Waals surface area contributed by atoms with Crippen LogP contribution in [0.1, 0.15) is 34.0 Å². The summed E-state index contributed by atoms with van der Waals surface area (Å²) in [6, 6.07) is 7.66. The van der Waals surface area contributed by atoms with Crippen molar-refractivity contribution in [3.63, 3.8) is 0 Å². The highest BCUT2D eigenvalue weighted by molar-refractivity contribution is 6.09. The van der Waals surface area contributed by atoms with E-state index < -0.39 is 0 Å². The van der Waals surface area contributed by atoms with E-state index in [-0.39, 0.29) is 68.1 Å². The first-order valence-corrected chi connectivity index (χ1v) is 10.7. The van der Waals surface area contributed by atoms with Crippen molar-refractivity contribution in [2.24, 2.45) is 0 Å². The predicted molar refractivity (Wildman–Crippen MR) is 124 cm³/mol. The maximum Gasteiger partial charge on any atom is 0.227 e. The molecule has 0 aliphatic rings. The van der Waals surface area contributed by atoms with Gasteiger partial charge in [0.05, 0.1) is 26.7 Å². The lowest BCUT2D eigenvalue weighted by Crippen LogP contribution is -2.37. The lowest BCUT2D eigenvalue weighted by Gasteiger charge is -2.22. The Morgan fingerprint density at radius 2 is 1.76 bits per heavy atom. The first-order valence-electron chi connectivity index (χ1n) is 10.7. The van der Waals surface area contributed by atoms with E-state index >= 15 is 0 Å². The minimum atomic E-state index is -0.352. The molecule has 0 fully saturated rings. The molecule has 8 heteroatoms. The molecule has 0 aliphatic heterocycles. The van der Waals surface area contributed by atoms with Crippen LogP contribution in [0, 0.1) is 0 Å². The van der Waals surface area contributed by atoms with Crippen LogP contribution in [0.4, 0.5) is 0 Å². The van der Waals surface area contributed by atoms with Crippen LogP contribution in [0.5, 0.6) is 17.2 Å². The molecule has 33 heavy (non-hydrogen) atoms. The van der Waals surface area contributed by atoms with Gasteiger partial charge in [0, 0.05) is 24.2 Å². The molecule has 2 rings (SSSR count). The highest BCUT2D eigenvalue weighted by atomic mass is 16.5. The largest absolute Gasteiger partial charge is 0.504 e. The molecule has 1 amide bonds. The van der Waals surface area contributed by atoms with Crippen molar-refractivity contribution in [1.82, 2.24) is 4.90 Å². The van der Waals surface area contributed by atoms with E-state index in [1.807, 2.05) is 6.92 Å². The number of aromatic hydroxyl groups is 1. The van der Waals surface area contributed by atoms with E-state index in [1.54, 1.807) is 24.3 Å². The van der Waals surface area contributed by atoms with Crippen molar-refractivity contribution in [3.05, 3.63) is 65.2 Å². The topological polar surface area (TPSA) is 117 Å². The van der Waals surface area contributed by atoms with Crippen LogP contribution in [0.15, 0.2) is 43.0 Å². The van der Waals surface area contributed by atoms with Crippen LogP contribution in [-0.2, 0) is 17.6 Å². The van der Waals surface area contributed by atoms with Gasteiger partial charge in [-0.2, -0.15) is 0 Å². The van der Waals surface area contributed by atoms with Crippen LogP contribution in [0.25, 0.3) is 0 Å². The van der Waals surface area contributed by atoms with E-state index in [4.69, 9.17) is 9.47 Å². The Balaban J connectivity index is 2.51. The van der Waals surface area contributed by atoms with Gasteiger partial charge in [0.15, 0.2) is 17.3 Å². The van der Waals surface area contributed by atoms with E-state index in [2.05, 4.69) is 6.58 Å². The van der Waals surface area contributed by atoms with Gasteiger partial charge >= 0.3 is 0 Å². The second-order valence-corrected chi connectivity index (χ2v) is 7.29. The summed E-state index contributed by atoms with van der Waals surface area (Å²) in [6.07, 6.45) is 2.12. The number of carbonyl (C=O) groups is 2. The highest BCUT2D eigenvalue weighted by Crippen LogP contribution is 2.31. The number of amides is 1. The number of hydrogen-bond donors (Lipinski definition) is 3. The number of rotatable bonds is 13. The Morgan fingerprint density at radius 3 is 2.30 bits per heavy atom. The molecule has 0 saturated carbocycles. The second kappa shape index (κ2) is 12.6. The summed E-state index contributed by atoms with van der Waals surface area (Å²) in [5.41, 5.74) is 1.96. The monoisotopic (exact) mass is 457 g/mol. The molecule has 0 aliphatic carbocycles. The number of aliphatic hydroxyl groups excluding tert-OH is 2. The van der Waals surface area contributed by atoms with Crippen LogP contribution < -0.4 is 9.47 Å². The average Bonchev–Trinajstić information content (AvgIpc) is 2.81. The molecule has 0 spiro atoms. The van der Waals surface area contributed by atoms with Gasteiger partial charge in [-0.25, -0.2) is 0 Å². The quantitative estimate of drug-likeness (QED) is 0.312. The van der Waals surface area contributed by atoms with Gasteiger partial charge in [0.25, 0.3) is 0 Å². The van der Waals surface area contributed by atoms with Gasteiger partial charge in [-0.1, -0.05) is 19.6 Å². The summed E-state index contributed by atoms with van der Waals surface area (Å²) in [4.78, 5) is 27.5. The number of aliphatic hydroxyl groups is 2. The molecule has 0 unspecified atom stereocenters. The van der Waals surface area contributed by atoms with Gasteiger partial charge in [-0.05, 0) is 47.9 Å². The van der Waals surface area contributed by atoms with Crippen molar-refractivity contribution in [2.45, 2.75) is 19.8 Å². The molecule has 0 heterocycles. The zero-order valence-electron chi connectivity index (χ0n) is 19.0. The molecule has 178 valence electrons. The average molecular weight is 458 g/mol. The number of ketones is 1. The Bertz CT molecular complexity index is 981. The van der Waals surface area contributed by atoms with Crippen LogP contribution in [0.2, 0.25) is 0 Å². The smallest absolute Gasteiger partial charge is 0.227 e. The molecule has 0 atom stereocenters. The summed E-state index contributed by atoms with van der Waals surface area (Å²) in [7, 11) is 1.42. The Morgan fingerprint density at radius 1 is 1.06 bits per heavy atom. The first kappa shape index (κ1) is 25.9. The number of methoxy groups -OCH3 is 1. The normalized spacial score (nSPS) is 10.5. The molecule has 0 radical (unpaired) electrons. The number of phenolic OH excluding ortho intramolecular Hbond substituents is 1. The fourth-order valence-electron chi connectivity index (χ4n) is 3.55. The minimum absolute atomic E-state index is 0.0252. The Hall–Kier alpha value is -3.36. The van der Waals surface area contributed by atoms with Crippen molar-refractivity contribution in [3.8, 4) is 17.2 Å². The van der Waals surface area contributed by atoms with Crippen molar-refractivity contribution >= 4 is 11.7 Å². The molecular weight excluding hydrogens is 426 g/mol.